The molecule has 1 N–H and O–H groups in total. The molecule has 0 spiro atoms. The topological polar surface area (TPSA) is 43.8 Å². The van der Waals surface area contributed by atoms with E-state index in [-0.39, 0.29) is 11.9 Å². The molecule has 23 heavy (non-hydrogen) atoms. The van der Waals surface area contributed by atoms with Crippen molar-refractivity contribution in [2.24, 2.45) is 0 Å². The molecule has 2 aliphatic heterocycles. The number of hydrogen-bond acceptors (Lipinski definition) is 3. The van der Waals surface area contributed by atoms with E-state index in [0.29, 0.717) is 31.6 Å². The van der Waals surface area contributed by atoms with Crippen molar-refractivity contribution >= 4 is 5.91 Å². The Hall–Kier alpha value is -1.60. The summed E-state index contributed by atoms with van der Waals surface area (Å²) in [6.07, 6.45) is -3.59. The predicted molar refractivity (Wildman–Crippen MR) is 77.5 cm³/mol. The highest BCUT2D eigenvalue weighted by atomic mass is 19.4. The lowest BCUT2D eigenvalue weighted by Gasteiger charge is -2.25. The predicted octanol–water partition coefficient (Wildman–Crippen LogP) is 1.87. The zero-order valence-electron chi connectivity index (χ0n) is 12.6. The molecule has 2 atom stereocenters. The van der Waals surface area contributed by atoms with E-state index >= 15 is 0 Å². The lowest BCUT2D eigenvalue weighted by atomic mass is 10.1. The Balaban J connectivity index is 1.70. The number of amides is 1. The molecule has 2 fully saturated rings. The van der Waals surface area contributed by atoms with Crippen LogP contribution in [0.4, 0.5) is 13.2 Å². The van der Waals surface area contributed by atoms with Gasteiger partial charge in [0.1, 0.15) is 0 Å². The standard InChI is InChI=1S/C16H19F3N2O2/c17-16(18,19)12-4-2-11(3-5-12)9-21-7-1-6-20-10-13(22)8-14(20)15(21)23/h2-5,13-14,22H,1,6-10H2/t13-,14+/m1/s1. The maximum absolute atomic E-state index is 12.6. The highest BCUT2D eigenvalue weighted by Crippen LogP contribution is 2.29. The lowest BCUT2D eigenvalue weighted by molar-refractivity contribution is -0.138. The fourth-order valence-corrected chi connectivity index (χ4v) is 3.35. The van der Waals surface area contributed by atoms with E-state index in [0.717, 1.165) is 25.1 Å². The minimum absolute atomic E-state index is 0.0426. The average Bonchev–Trinajstić information content (AvgIpc) is 2.80. The highest BCUT2D eigenvalue weighted by molar-refractivity contribution is 5.82. The van der Waals surface area contributed by atoms with Crippen molar-refractivity contribution in [2.75, 3.05) is 19.6 Å². The molecule has 0 saturated carbocycles. The van der Waals surface area contributed by atoms with Gasteiger partial charge in [-0.1, -0.05) is 12.1 Å². The van der Waals surface area contributed by atoms with Crippen molar-refractivity contribution in [2.45, 2.75) is 37.7 Å². The van der Waals surface area contributed by atoms with Crippen LogP contribution in [0.1, 0.15) is 24.0 Å². The summed E-state index contributed by atoms with van der Waals surface area (Å²) in [5, 5.41) is 9.73. The zero-order valence-corrected chi connectivity index (χ0v) is 12.6. The molecule has 2 heterocycles. The molecule has 0 radical (unpaired) electrons. The van der Waals surface area contributed by atoms with Crippen molar-refractivity contribution in [3.8, 4) is 0 Å². The van der Waals surface area contributed by atoms with Gasteiger partial charge in [-0.15, -0.1) is 0 Å². The molecule has 1 aromatic carbocycles. The van der Waals surface area contributed by atoms with E-state index in [1.54, 1.807) is 4.90 Å². The summed E-state index contributed by atoms with van der Waals surface area (Å²) in [5.41, 5.74) is -0.00752. The van der Waals surface area contributed by atoms with E-state index in [9.17, 15) is 23.1 Å². The van der Waals surface area contributed by atoms with Crippen LogP contribution >= 0.6 is 0 Å². The third kappa shape index (κ3) is 3.50. The molecule has 2 saturated heterocycles. The Labute approximate surface area is 132 Å². The van der Waals surface area contributed by atoms with Gasteiger partial charge in [0.2, 0.25) is 5.91 Å². The van der Waals surface area contributed by atoms with Crippen LogP contribution in [0.5, 0.6) is 0 Å². The van der Waals surface area contributed by atoms with Crippen LogP contribution in [0.15, 0.2) is 24.3 Å². The molecule has 0 aromatic heterocycles. The van der Waals surface area contributed by atoms with Gasteiger partial charge in [-0.3, -0.25) is 9.69 Å². The molecule has 4 nitrogen and oxygen atoms in total. The molecular formula is C16H19F3N2O2. The van der Waals surface area contributed by atoms with Gasteiger partial charge in [-0.05, 0) is 30.5 Å². The summed E-state index contributed by atoms with van der Waals surface area (Å²) < 4.78 is 37.8. The Morgan fingerprint density at radius 2 is 1.87 bits per heavy atom. The van der Waals surface area contributed by atoms with E-state index in [1.165, 1.54) is 12.1 Å². The summed E-state index contributed by atoms with van der Waals surface area (Å²) >= 11 is 0. The van der Waals surface area contributed by atoms with Crippen molar-refractivity contribution in [3.05, 3.63) is 35.4 Å². The van der Waals surface area contributed by atoms with E-state index < -0.39 is 17.8 Å². The first-order valence-corrected chi connectivity index (χ1v) is 7.71. The molecule has 1 amide bonds. The van der Waals surface area contributed by atoms with Gasteiger partial charge in [-0.25, -0.2) is 0 Å². The summed E-state index contributed by atoms with van der Waals surface area (Å²) in [7, 11) is 0. The lowest BCUT2D eigenvalue weighted by Crippen LogP contribution is -2.42. The molecule has 0 bridgehead atoms. The molecule has 7 heteroatoms. The first-order chi connectivity index (χ1) is 10.8. The fraction of sp³-hybridized carbons (Fsp3) is 0.562. The Morgan fingerprint density at radius 1 is 1.17 bits per heavy atom. The van der Waals surface area contributed by atoms with Crippen molar-refractivity contribution in [3.63, 3.8) is 0 Å². The van der Waals surface area contributed by atoms with Gasteiger partial charge in [-0.2, -0.15) is 13.2 Å². The van der Waals surface area contributed by atoms with Crippen molar-refractivity contribution in [1.82, 2.24) is 9.80 Å². The molecule has 0 aliphatic carbocycles. The number of hydrogen-bond donors (Lipinski definition) is 1. The number of carbonyl (C=O) groups excluding carboxylic acids is 1. The fourth-order valence-electron chi connectivity index (χ4n) is 3.35. The van der Waals surface area contributed by atoms with Crippen molar-refractivity contribution < 1.29 is 23.1 Å². The largest absolute Gasteiger partial charge is 0.416 e. The smallest absolute Gasteiger partial charge is 0.392 e. The first kappa shape index (κ1) is 16.3. The summed E-state index contributed by atoms with van der Waals surface area (Å²) in [6, 6.07) is 4.62. The number of carbonyl (C=O) groups is 1. The van der Waals surface area contributed by atoms with E-state index in [4.69, 9.17) is 0 Å². The average molecular weight is 328 g/mol. The van der Waals surface area contributed by atoms with Crippen molar-refractivity contribution in [1.29, 1.82) is 0 Å². The quantitative estimate of drug-likeness (QED) is 0.901. The number of nitrogens with zero attached hydrogens (tertiary/aromatic N) is 2. The number of aliphatic hydroxyl groups is 1. The number of halogens is 3. The maximum Gasteiger partial charge on any atom is 0.416 e. The number of aliphatic hydroxyl groups excluding tert-OH is 1. The number of rotatable bonds is 2. The van der Waals surface area contributed by atoms with Gasteiger partial charge in [0, 0.05) is 26.2 Å². The monoisotopic (exact) mass is 328 g/mol. The molecule has 3 rings (SSSR count). The normalized spacial score (nSPS) is 26.3. The second kappa shape index (κ2) is 6.13. The third-order valence-electron chi connectivity index (χ3n) is 4.51. The molecule has 1 aromatic rings. The number of fused-ring (bicyclic) bond motifs is 1. The second-order valence-electron chi connectivity index (χ2n) is 6.21. The summed E-state index contributed by atoms with van der Waals surface area (Å²) in [6.45, 7) is 2.17. The second-order valence-corrected chi connectivity index (χ2v) is 6.21. The first-order valence-electron chi connectivity index (χ1n) is 7.71. The van der Waals surface area contributed by atoms with Gasteiger partial charge in [0.15, 0.2) is 0 Å². The van der Waals surface area contributed by atoms with Gasteiger partial charge in [0.25, 0.3) is 0 Å². The third-order valence-corrected chi connectivity index (χ3v) is 4.51. The molecule has 0 unspecified atom stereocenters. The maximum atomic E-state index is 12.6. The van der Waals surface area contributed by atoms with Crippen LogP contribution < -0.4 is 0 Å². The van der Waals surface area contributed by atoms with Gasteiger partial charge >= 0.3 is 6.18 Å². The molecule has 126 valence electrons. The molecular weight excluding hydrogens is 309 g/mol. The highest BCUT2D eigenvalue weighted by Gasteiger charge is 2.39. The number of benzene rings is 1. The van der Waals surface area contributed by atoms with Crippen LogP contribution in [0.25, 0.3) is 0 Å². The summed E-state index contributed by atoms with van der Waals surface area (Å²) in [5.74, 6) is -0.0426. The van der Waals surface area contributed by atoms with E-state index in [2.05, 4.69) is 0 Å². The Morgan fingerprint density at radius 3 is 2.52 bits per heavy atom. The van der Waals surface area contributed by atoms with Crippen LogP contribution in [0, 0.1) is 0 Å². The Bertz CT molecular complexity index is 574. The SMILES string of the molecule is O=C1[C@@H]2C[C@@H](O)CN2CCCN1Cc1ccc(C(F)(F)F)cc1. The summed E-state index contributed by atoms with van der Waals surface area (Å²) in [4.78, 5) is 16.3. The van der Waals surface area contributed by atoms with E-state index in [1.807, 2.05) is 4.90 Å². The zero-order chi connectivity index (χ0) is 16.6. The Kier molecular flexibility index (Phi) is 4.33. The number of alkyl halides is 3. The molecule has 2 aliphatic rings. The van der Waals surface area contributed by atoms with Crippen LogP contribution in [-0.2, 0) is 17.5 Å². The van der Waals surface area contributed by atoms with Gasteiger partial charge < -0.3 is 10.0 Å². The van der Waals surface area contributed by atoms with Crippen LogP contribution in [0.3, 0.4) is 0 Å². The van der Waals surface area contributed by atoms with Crippen LogP contribution in [0.2, 0.25) is 0 Å². The minimum Gasteiger partial charge on any atom is -0.392 e. The van der Waals surface area contributed by atoms with Gasteiger partial charge in [0.05, 0.1) is 17.7 Å². The van der Waals surface area contributed by atoms with Crippen LogP contribution in [-0.4, -0.2) is 52.6 Å². The minimum atomic E-state index is -4.35.